The zero-order chi connectivity index (χ0) is 19.6. The summed E-state index contributed by atoms with van der Waals surface area (Å²) in [6.07, 6.45) is 0.886. The molecule has 142 valence electrons. The SMILES string of the molecule is CC[C@H](N)CNc1nc(-c2cc(C(C)(C)C)ccc2O)nc2ccccc12. The van der Waals surface area contributed by atoms with Crippen LogP contribution in [-0.4, -0.2) is 27.7 Å². The smallest absolute Gasteiger partial charge is 0.165 e. The van der Waals surface area contributed by atoms with Crippen molar-refractivity contribution in [2.24, 2.45) is 5.73 Å². The minimum atomic E-state index is -0.0335. The number of aromatic hydroxyl groups is 1. The van der Waals surface area contributed by atoms with Crippen LogP contribution in [0.3, 0.4) is 0 Å². The van der Waals surface area contributed by atoms with E-state index in [1.54, 1.807) is 6.07 Å². The highest BCUT2D eigenvalue weighted by Gasteiger charge is 2.18. The summed E-state index contributed by atoms with van der Waals surface area (Å²) in [5.41, 5.74) is 8.61. The quantitative estimate of drug-likeness (QED) is 0.623. The Morgan fingerprint density at radius 2 is 1.85 bits per heavy atom. The van der Waals surface area contributed by atoms with Crippen LogP contribution in [0.25, 0.3) is 22.3 Å². The fourth-order valence-corrected chi connectivity index (χ4v) is 2.89. The van der Waals surface area contributed by atoms with E-state index in [1.165, 1.54) is 0 Å². The summed E-state index contributed by atoms with van der Waals surface area (Å²) in [7, 11) is 0. The average Bonchev–Trinajstić information content (AvgIpc) is 2.65. The lowest BCUT2D eigenvalue weighted by atomic mass is 9.86. The molecule has 0 aliphatic carbocycles. The van der Waals surface area contributed by atoms with Crippen molar-refractivity contribution in [3.63, 3.8) is 0 Å². The molecule has 5 nitrogen and oxygen atoms in total. The molecule has 0 saturated carbocycles. The zero-order valence-electron chi connectivity index (χ0n) is 16.5. The van der Waals surface area contributed by atoms with Crippen molar-refractivity contribution >= 4 is 16.7 Å². The molecule has 0 saturated heterocycles. The maximum atomic E-state index is 10.5. The molecule has 0 aliphatic rings. The van der Waals surface area contributed by atoms with Crippen molar-refractivity contribution in [2.45, 2.75) is 45.6 Å². The maximum absolute atomic E-state index is 10.5. The number of nitrogens with zero attached hydrogens (tertiary/aromatic N) is 2. The first-order valence-electron chi connectivity index (χ1n) is 9.39. The second kappa shape index (κ2) is 7.53. The minimum Gasteiger partial charge on any atom is -0.507 e. The molecule has 0 unspecified atom stereocenters. The largest absolute Gasteiger partial charge is 0.507 e. The number of rotatable bonds is 5. The van der Waals surface area contributed by atoms with Gasteiger partial charge in [-0.05, 0) is 41.7 Å². The van der Waals surface area contributed by atoms with E-state index in [1.807, 2.05) is 36.4 Å². The van der Waals surface area contributed by atoms with E-state index in [-0.39, 0.29) is 17.2 Å². The molecule has 0 aliphatic heterocycles. The molecule has 3 aromatic rings. The van der Waals surface area contributed by atoms with Gasteiger partial charge in [0.05, 0.1) is 11.1 Å². The van der Waals surface area contributed by atoms with Crippen LogP contribution in [0.4, 0.5) is 5.82 Å². The van der Waals surface area contributed by atoms with Gasteiger partial charge < -0.3 is 16.2 Å². The first-order valence-corrected chi connectivity index (χ1v) is 9.39. The molecule has 0 amide bonds. The van der Waals surface area contributed by atoms with Crippen LogP contribution in [0, 0.1) is 0 Å². The Labute approximate surface area is 160 Å². The molecule has 0 spiro atoms. The molecule has 3 rings (SSSR count). The topological polar surface area (TPSA) is 84.1 Å². The summed E-state index contributed by atoms with van der Waals surface area (Å²) < 4.78 is 0. The molecule has 27 heavy (non-hydrogen) atoms. The Kier molecular flexibility index (Phi) is 5.33. The summed E-state index contributed by atoms with van der Waals surface area (Å²) in [6.45, 7) is 9.12. The lowest BCUT2D eigenvalue weighted by Crippen LogP contribution is -2.28. The second-order valence-electron chi connectivity index (χ2n) is 7.94. The molecule has 0 fully saturated rings. The molecule has 2 aromatic carbocycles. The Morgan fingerprint density at radius 1 is 1.11 bits per heavy atom. The van der Waals surface area contributed by atoms with Crippen LogP contribution >= 0.6 is 0 Å². The van der Waals surface area contributed by atoms with E-state index in [0.29, 0.717) is 17.9 Å². The number of para-hydroxylation sites is 1. The summed E-state index contributed by atoms with van der Waals surface area (Å²) in [6, 6.07) is 13.6. The lowest BCUT2D eigenvalue weighted by Gasteiger charge is -2.20. The predicted octanol–water partition coefficient (Wildman–Crippen LogP) is 4.45. The summed E-state index contributed by atoms with van der Waals surface area (Å²) in [5, 5.41) is 14.7. The number of hydrogen-bond acceptors (Lipinski definition) is 5. The van der Waals surface area contributed by atoms with E-state index in [9.17, 15) is 5.11 Å². The van der Waals surface area contributed by atoms with Gasteiger partial charge in [-0.25, -0.2) is 9.97 Å². The Morgan fingerprint density at radius 3 is 2.56 bits per heavy atom. The van der Waals surface area contributed by atoms with Gasteiger partial charge in [0.1, 0.15) is 11.6 Å². The van der Waals surface area contributed by atoms with Crippen molar-refractivity contribution in [3.8, 4) is 17.1 Å². The van der Waals surface area contributed by atoms with Gasteiger partial charge in [-0.2, -0.15) is 0 Å². The molecule has 1 atom stereocenters. The van der Waals surface area contributed by atoms with Crippen molar-refractivity contribution < 1.29 is 5.11 Å². The van der Waals surface area contributed by atoms with Gasteiger partial charge in [-0.3, -0.25) is 0 Å². The number of nitrogens with two attached hydrogens (primary N) is 1. The number of phenolic OH excluding ortho intramolecular Hbond substituents is 1. The van der Waals surface area contributed by atoms with Crippen LogP contribution in [0.2, 0.25) is 0 Å². The van der Waals surface area contributed by atoms with Gasteiger partial charge in [-0.1, -0.05) is 45.9 Å². The highest BCUT2D eigenvalue weighted by atomic mass is 16.3. The van der Waals surface area contributed by atoms with Crippen molar-refractivity contribution in [2.75, 3.05) is 11.9 Å². The average molecular weight is 364 g/mol. The van der Waals surface area contributed by atoms with Crippen molar-refractivity contribution in [1.29, 1.82) is 0 Å². The summed E-state index contributed by atoms with van der Waals surface area (Å²) in [5.74, 6) is 1.42. The van der Waals surface area contributed by atoms with E-state index in [4.69, 9.17) is 15.7 Å². The van der Waals surface area contributed by atoms with Crippen molar-refractivity contribution in [1.82, 2.24) is 9.97 Å². The fraction of sp³-hybridized carbons (Fsp3) is 0.364. The normalized spacial score (nSPS) is 12.9. The molecule has 1 aromatic heterocycles. The molecule has 5 heteroatoms. The van der Waals surface area contributed by atoms with Crippen LogP contribution in [-0.2, 0) is 5.41 Å². The Hall–Kier alpha value is -2.66. The number of nitrogens with one attached hydrogen (secondary N) is 1. The number of anilines is 1. The summed E-state index contributed by atoms with van der Waals surface area (Å²) >= 11 is 0. The van der Waals surface area contributed by atoms with Gasteiger partial charge in [0.25, 0.3) is 0 Å². The van der Waals surface area contributed by atoms with E-state index in [2.05, 4.69) is 33.0 Å². The third-order valence-electron chi connectivity index (χ3n) is 4.76. The number of aromatic nitrogens is 2. The number of hydrogen-bond donors (Lipinski definition) is 3. The highest BCUT2D eigenvalue weighted by molar-refractivity contribution is 5.91. The van der Waals surface area contributed by atoms with Crippen LogP contribution in [0.1, 0.15) is 39.7 Å². The van der Waals surface area contributed by atoms with Gasteiger partial charge in [0.15, 0.2) is 5.82 Å². The fourth-order valence-electron chi connectivity index (χ4n) is 2.89. The van der Waals surface area contributed by atoms with Gasteiger partial charge in [-0.15, -0.1) is 0 Å². The number of benzene rings is 2. The van der Waals surface area contributed by atoms with E-state index < -0.39 is 0 Å². The Balaban J connectivity index is 2.12. The van der Waals surface area contributed by atoms with E-state index >= 15 is 0 Å². The van der Waals surface area contributed by atoms with Crippen molar-refractivity contribution in [3.05, 3.63) is 48.0 Å². The van der Waals surface area contributed by atoms with Crippen LogP contribution < -0.4 is 11.1 Å². The third kappa shape index (κ3) is 4.19. The third-order valence-corrected chi connectivity index (χ3v) is 4.76. The second-order valence-corrected chi connectivity index (χ2v) is 7.94. The zero-order valence-corrected chi connectivity index (χ0v) is 16.5. The van der Waals surface area contributed by atoms with Gasteiger partial charge in [0, 0.05) is 18.0 Å². The van der Waals surface area contributed by atoms with E-state index in [0.717, 1.165) is 28.7 Å². The first-order chi connectivity index (χ1) is 12.8. The maximum Gasteiger partial charge on any atom is 0.165 e. The molecular weight excluding hydrogens is 336 g/mol. The highest BCUT2D eigenvalue weighted by Crippen LogP contribution is 2.34. The molecule has 0 bridgehead atoms. The predicted molar refractivity (Wildman–Crippen MR) is 112 cm³/mol. The van der Waals surface area contributed by atoms with Crippen LogP contribution in [0.5, 0.6) is 5.75 Å². The lowest BCUT2D eigenvalue weighted by molar-refractivity contribution is 0.475. The first kappa shape index (κ1) is 19.1. The Bertz CT molecular complexity index is 947. The van der Waals surface area contributed by atoms with Crippen LogP contribution in [0.15, 0.2) is 42.5 Å². The molecule has 1 heterocycles. The minimum absolute atomic E-state index is 0.0335. The standard InChI is InChI=1S/C22H28N4O/c1-5-15(23)13-24-20-16-8-6-7-9-18(16)25-21(26-20)17-12-14(22(2,3)4)10-11-19(17)27/h6-12,15,27H,5,13,23H2,1-4H3,(H,24,25,26)/t15-/m0/s1. The van der Waals surface area contributed by atoms with Gasteiger partial charge >= 0.3 is 0 Å². The molecular formula is C22H28N4O. The number of phenols is 1. The number of fused-ring (bicyclic) bond motifs is 1. The monoisotopic (exact) mass is 364 g/mol. The summed E-state index contributed by atoms with van der Waals surface area (Å²) in [4.78, 5) is 9.42. The molecule has 0 radical (unpaired) electrons. The molecule has 4 N–H and O–H groups in total. The van der Waals surface area contributed by atoms with Gasteiger partial charge in [0.2, 0.25) is 0 Å².